The predicted octanol–water partition coefficient (Wildman–Crippen LogP) is 3.13. The van der Waals surface area contributed by atoms with Gasteiger partial charge in [0.2, 0.25) is 5.91 Å². The minimum Gasteiger partial charge on any atom is -0.490 e. The highest BCUT2D eigenvalue weighted by molar-refractivity contribution is 8.00. The van der Waals surface area contributed by atoms with E-state index in [1.807, 2.05) is 25.2 Å². The summed E-state index contributed by atoms with van der Waals surface area (Å²) in [6, 6.07) is 5.77. The van der Waals surface area contributed by atoms with Gasteiger partial charge in [-0.15, -0.1) is 0 Å². The highest BCUT2D eigenvalue weighted by Gasteiger charge is 2.21. The number of aryl methyl sites for hydroxylation is 1. The van der Waals surface area contributed by atoms with Crippen molar-refractivity contribution in [1.29, 1.82) is 0 Å². The van der Waals surface area contributed by atoms with Crippen molar-refractivity contribution in [3.63, 3.8) is 0 Å². The molecule has 0 radical (unpaired) electrons. The van der Waals surface area contributed by atoms with Crippen LogP contribution in [0, 0.1) is 5.92 Å². The first kappa shape index (κ1) is 20.5. The summed E-state index contributed by atoms with van der Waals surface area (Å²) in [6.45, 7) is 5.46. The maximum atomic E-state index is 12.7. The molecule has 0 saturated carbocycles. The van der Waals surface area contributed by atoms with Gasteiger partial charge in [-0.2, -0.15) is 5.10 Å². The van der Waals surface area contributed by atoms with Crippen LogP contribution in [0.25, 0.3) is 11.0 Å². The van der Waals surface area contributed by atoms with Gasteiger partial charge in [-0.05, 0) is 23.6 Å². The molecule has 1 aliphatic rings. The number of amides is 1. The number of nitrogens with one attached hydrogen (secondary N) is 1. The van der Waals surface area contributed by atoms with Crippen LogP contribution >= 0.6 is 11.8 Å². The van der Waals surface area contributed by atoms with Gasteiger partial charge in [-0.25, -0.2) is 9.97 Å². The average Bonchev–Trinajstić information content (AvgIpc) is 2.97. The average molecular weight is 428 g/mol. The van der Waals surface area contributed by atoms with Gasteiger partial charge in [0, 0.05) is 13.5 Å². The van der Waals surface area contributed by atoms with Crippen LogP contribution in [0.4, 0.5) is 0 Å². The third-order valence-electron chi connectivity index (χ3n) is 4.95. The topological polar surface area (TPSA) is 91.2 Å². The normalized spacial score (nSPS) is 14.5. The van der Waals surface area contributed by atoms with E-state index >= 15 is 0 Å². The van der Waals surface area contributed by atoms with Crippen LogP contribution in [0.2, 0.25) is 0 Å². The van der Waals surface area contributed by atoms with Gasteiger partial charge in [-0.1, -0.05) is 31.7 Å². The molecule has 0 aliphatic carbocycles. The van der Waals surface area contributed by atoms with Crippen molar-refractivity contribution in [2.45, 2.75) is 31.3 Å². The maximum absolute atomic E-state index is 12.7. The molecule has 0 bridgehead atoms. The quantitative estimate of drug-likeness (QED) is 0.477. The fourth-order valence-corrected chi connectivity index (χ4v) is 4.19. The second-order valence-electron chi connectivity index (χ2n) is 7.52. The summed E-state index contributed by atoms with van der Waals surface area (Å²) in [5.74, 6) is 1.91. The standard InChI is InChI=1S/C21H25N5O3S/c1-13(2)19(14-5-6-16-17(9-14)29-8-4-7-28-16)25-18(27)11-30-21-15-10-24-26(3)20(15)22-12-23-21/h5-6,9-10,12-13,19H,4,7-8,11H2,1-3H3,(H,25,27)/t19-/m0/s1. The van der Waals surface area contributed by atoms with Crippen LogP contribution in [0.3, 0.4) is 0 Å². The lowest BCUT2D eigenvalue weighted by Crippen LogP contribution is -2.33. The van der Waals surface area contributed by atoms with Crippen molar-refractivity contribution >= 4 is 28.7 Å². The van der Waals surface area contributed by atoms with Crippen LogP contribution in [0.1, 0.15) is 31.9 Å². The van der Waals surface area contributed by atoms with E-state index in [1.54, 1.807) is 10.9 Å². The molecule has 0 fully saturated rings. The molecule has 9 heteroatoms. The second-order valence-corrected chi connectivity index (χ2v) is 8.48. The van der Waals surface area contributed by atoms with E-state index in [0.29, 0.717) is 13.2 Å². The predicted molar refractivity (Wildman–Crippen MR) is 115 cm³/mol. The van der Waals surface area contributed by atoms with Crippen LogP contribution in [0.5, 0.6) is 11.5 Å². The van der Waals surface area contributed by atoms with E-state index in [2.05, 4.69) is 34.2 Å². The molecule has 3 aromatic rings. The molecular weight excluding hydrogens is 402 g/mol. The number of benzene rings is 1. The van der Waals surface area contributed by atoms with Gasteiger partial charge in [0.25, 0.3) is 0 Å². The minimum absolute atomic E-state index is 0.0542. The summed E-state index contributed by atoms with van der Waals surface area (Å²) >= 11 is 1.38. The highest BCUT2D eigenvalue weighted by atomic mass is 32.2. The number of hydrogen-bond acceptors (Lipinski definition) is 7. The van der Waals surface area contributed by atoms with Crippen LogP contribution in [0.15, 0.2) is 35.7 Å². The number of ether oxygens (including phenoxy) is 2. The molecule has 1 aliphatic heterocycles. The Morgan fingerprint density at radius 3 is 2.83 bits per heavy atom. The van der Waals surface area contributed by atoms with Crippen molar-refractivity contribution in [2.24, 2.45) is 13.0 Å². The monoisotopic (exact) mass is 427 g/mol. The van der Waals surface area contributed by atoms with Gasteiger partial charge in [0.1, 0.15) is 11.4 Å². The Kier molecular flexibility index (Phi) is 6.08. The summed E-state index contributed by atoms with van der Waals surface area (Å²) in [4.78, 5) is 21.3. The van der Waals surface area contributed by atoms with Crippen molar-refractivity contribution in [3.05, 3.63) is 36.3 Å². The van der Waals surface area contributed by atoms with E-state index in [4.69, 9.17) is 9.47 Å². The van der Waals surface area contributed by atoms with Crippen molar-refractivity contribution in [3.8, 4) is 11.5 Å². The first-order valence-electron chi connectivity index (χ1n) is 9.97. The molecule has 1 N–H and O–H groups in total. The summed E-state index contributed by atoms with van der Waals surface area (Å²) in [5, 5.41) is 8.97. The zero-order valence-electron chi connectivity index (χ0n) is 17.3. The number of aromatic nitrogens is 4. The van der Waals surface area contributed by atoms with E-state index < -0.39 is 0 Å². The van der Waals surface area contributed by atoms with Gasteiger partial charge in [0.15, 0.2) is 17.1 Å². The van der Waals surface area contributed by atoms with Gasteiger partial charge in [-0.3, -0.25) is 9.48 Å². The van der Waals surface area contributed by atoms with Crippen LogP contribution in [-0.4, -0.2) is 44.6 Å². The number of nitrogens with zero attached hydrogens (tertiary/aromatic N) is 4. The Labute approximate surface area is 179 Å². The van der Waals surface area contributed by atoms with Crippen LogP contribution in [-0.2, 0) is 11.8 Å². The fourth-order valence-electron chi connectivity index (χ4n) is 3.41. The van der Waals surface area contributed by atoms with Gasteiger partial charge >= 0.3 is 0 Å². The second kappa shape index (κ2) is 8.91. The number of carbonyl (C=O) groups excluding carboxylic acids is 1. The summed E-state index contributed by atoms with van der Waals surface area (Å²) in [5.41, 5.74) is 1.75. The Morgan fingerprint density at radius 2 is 2.03 bits per heavy atom. The smallest absolute Gasteiger partial charge is 0.230 e. The fraction of sp³-hybridized carbons (Fsp3) is 0.429. The van der Waals surface area contributed by atoms with Crippen molar-refractivity contribution < 1.29 is 14.3 Å². The lowest BCUT2D eigenvalue weighted by Gasteiger charge is -2.24. The molecule has 0 unspecified atom stereocenters. The molecule has 0 saturated heterocycles. The Hall–Kier alpha value is -2.81. The third-order valence-corrected chi connectivity index (χ3v) is 5.95. The molecule has 1 atom stereocenters. The number of hydrogen-bond donors (Lipinski definition) is 1. The van der Waals surface area contributed by atoms with E-state index in [0.717, 1.165) is 39.5 Å². The summed E-state index contributed by atoms with van der Waals surface area (Å²) in [6.07, 6.45) is 4.09. The molecule has 1 aromatic carbocycles. The molecule has 8 nitrogen and oxygen atoms in total. The highest BCUT2D eigenvalue weighted by Crippen LogP contribution is 2.34. The first-order chi connectivity index (χ1) is 14.5. The lowest BCUT2D eigenvalue weighted by atomic mass is 9.95. The minimum atomic E-state index is -0.126. The number of rotatable bonds is 6. The molecule has 3 heterocycles. The van der Waals surface area contributed by atoms with E-state index in [-0.39, 0.29) is 23.6 Å². The number of carbonyl (C=O) groups is 1. The molecule has 0 spiro atoms. The molecular formula is C21H25N5O3S. The van der Waals surface area contributed by atoms with E-state index in [9.17, 15) is 4.79 Å². The van der Waals surface area contributed by atoms with Crippen molar-refractivity contribution in [2.75, 3.05) is 19.0 Å². The molecule has 158 valence electrons. The SMILES string of the molecule is CC(C)[C@H](NC(=O)CSc1ncnc2c1cnn2C)c1ccc2c(c1)OCCCO2. The van der Waals surface area contributed by atoms with Crippen molar-refractivity contribution in [1.82, 2.24) is 25.1 Å². The molecule has 30 heavy (non-hydrogen) atoms. The lowest BCUT2D eigenvalue weighted by molar-refractivity contribution is -0.119. The van der Waals surface area contributed by atoms with Gasteiger partial charge < -0.3 is 14.8 Å². The Balaban J connectivity index is 1.45. The largest absolute Gasteiger partial charge is 0.490 e. The summed E-state index contributed by atoms with van der Waals surface area (Å²) < 4.78 is 13.2. The summed E-state index contributed by atoms with van der Waals surface area (Å²) in [7, 11) is 1.83. The van der Waals surface area contributed by atoms with Gasteiger partial charge in [0.05, 0.1) is 36.6 Å². The molecule has 4 rings (SSSR count). The zero-order chi connectivity index (χ0) is 21.1. The Morgan fingerprint density at radius 1 is 1.23 bits per heavy atom. The van der Waals surface area contributed by atoms with E-state index in [1.165, 1.54) is 18.1 Å². The Bertz CT molecular complexity index is 1050. The molecule has 1 amide bonds. The zero-order valence-corrected chi connectivity index (χ0v) is 18.1. The number of fused-ring (bicyclic) bond motifs is 2. The maximum Gasteiger partial charge on any atom is 0.230 e. The number of thioether (sulfide) groups is 1. The first-order valence-corrected chi connectivity index (χ1v) is 11.0. The van der Waals surface area contributed by atoms with Crippen LogP contribution < -0.4 is 14.8 Å². The third kappa shape index (κ3) is 4.35. The molecule has 2 aromatic heterocycles.